The standard InChI is InChI=1S/C13H15FN2O3/c14-9-3-4-11(10(7-9)12(17)18)16-13(19)15-6-5-8-1-2-8/h3-4,7-8H,1-2,5-6H2,(H,17,18)(H2,15,16,19). The Morgan fingerprint density at radius 2 is 2.11 bits per heavy atom. The van der Waals surface area contributed by atoms with Crippen LogP contribution in [0.4, 0.5) is 14.9 Å². The average Bonchev–Trinajstić information content (AvgIpc) is 3.15. The van der Waals surface area contributed by atoms with Crippen molar-refractivity contribution in [1.82, 2.24) is 5.32 Å². The summed E-state index contributed by atoms with van der Waals surface area (Å²) in [6.45, 7) is 0.556. The lowest BCUT2D eigenvalue weighted by Gasteiger charge is -2.09. The summed E-state index contributed by atoms with van der Waals surface area (Å²) in [5.74, 6) is -1.23. The predicted octanol–water partition coefficient (Wildman–Crippen LogP) is 2.45. The highest BCUT2D eigenvalue weighted by molar-refractivity contribution is 5.99. The first-order valence-corrected chi connectivity index (χ1v) is 6.14. The normalized spacial score (nSPS) is 13.9. The highest BCUT2D eigenvalue weighted by Crippen LogP contribution is 2.31. The minimum Gasteiger partial charge on any atom is -0.478 e. The molecular formula is C13H15FN2O3. The van der Waals surface area contributed by atoms with Crippen LogP contribution in [0.3, 0.4) is 0 Å². The third-order valence-electron chi connectivity index (χ3n) is 3.00. The molecule has 102 valence electrons. The van der Waals surface area contributed by atoms with Gasteiger partial charge in [-0.3, -0.25) is 0 Å². The van der Waals surface area contributed by atoms with Crippen molar-refractivity contribution in [3.05, 3.63) is 29.6 Å². The predicted molar refractivity (Wildman–Crippen MR) is 67.7 cm³/mol. The molecule has 0 radical (unpaired) electrons. The van der Waals surface area contributed by atoms with Crippen LogP contribution in [0, 0.1) is 11.7 Å². The highest BCUT2D eigenvalue weighted by Gasteiger charge is 2.20. The molecule has 3 N–H and O–H groups in total. The van der Waals surface area contributed by atoms with E-state index in [2.05, 4.69) is 10.6 Å². The van der Waals surface area contributed by atoms with Crippen LogP contribution in [0.15, 0.2) is 18.2 Å². The van der Waals surface area contributed by atoms with Crippen LogP contribution in [0.5, 0.6) is 0 Å². The van der Waals surface area contributed by atoms with E-state index in [1.807, 2.05) is 0 Å². The molecule has 1 aromatic carbocycles. The Kier molecular flexibility index (Phi) is 3.99. The SMILES string of the molecule is O=C(NCCC1CC1)Nc1ccc(F)cc1C(=O)O. The minimum atomic E-state index is -1.28. The fraction of sp³-hybridized carbons (Fsp3) is 0.385. The summed E-state index contributed by atoms with van der Waals surface area (Å²) in [5, 5.41) is 14.0. The van der Waals surface area contributed by atoms with E-state index in [4.69, 9.17) is 5.11 Å². The lowest BCUT2D eigenvalue weighted by Crippen LogP contribution is -2.30. The van der Waals surface area contributed by atoms with Gasteiger partial charge in [0, 0.05) is 6.54 Å². The molecule has 19 heavy (non-hydrogen) atoms. The van der Waals surface area contributed by atoms with Gasteiger partial charge < -0.3 is 15.7 Å². The molecule has 1 aromatic rings. The maximum absolute atomic E-state index is 13.0. The monoisotopic (exact) mass is 266 g/mol. The molecule has 0 spiro atoms. The number of anilines is 1. The van der Waals surface area contributed by atoms with Crippen molar-refractivity contribution in [3.63, 3.8) is 0 Å². The second-order valence-electron chi connectivity index (χ2n) is 4.61. The van der Waals surface area contributed by atoms with E-state index in [0.29, 0.717) is 12.5 Å². The average molecular weight is 266 g/mol. The lowest BCUT2D eigenvalue weighted by molar-refractivity contribution is 0.0697. The van der Waals surface area contributed by atoms with E-state index in [-0.39, 0.29) is 11.3 Å². The number of carbonyl (C=O) groups excluding carboxylic acids is 1. The van der Waals surface area contributed by atoms with Crippen molar-refractivity contribution in [2.24, 2.45) is 5.92 Å². The fourth-order valence-corrected chi connectivity index (χ4v) is 1.77. The Labute approximate surface area is 109 Å². The molecule has 1 saturated carbocycles. The summed E-state index contributed by atoms with van der Waals surface area (Å²) in [5.41, 5.74) is -0.185. The Hall–Kier alpha value is -2.11. The largest absolute Gasteiger partial charge is 0.478 e. The Morgan fingerprint density at radius 1 is 1.37 bits per heavy atom. The molecule has 0 heterocycles. The number of hydrogen-bond donors (Lipinski definition) is 3. The van der Waals surface area contributed by atoms with Crippen molar-refractivity contribution in [3.8, 4) is 0 Å². The third-order valence-corrected chi connectivity index (χ3v) is 3.00. The van der Waals surface area contributed by atoms with Crippen molar-refractivity contribution < 1.29 is 19.1 Å². The van der Waals surface area contributed by atoms with Gasteiger partial charge in [0.05, 0.1) is 11.3 Å². The second-order valence-corrected chi connectivity index (χ2v) is 4.61. The van der Waals surface area contributed by atoms with Crippen LogP contribution in [0.2, 0.25) is 0 Å². The van der Waals surface area contributed by atoms with Crippen molar-refractivity contribution in [1.29, 1.82) is 0 Å². The summed E-state index contributed by atoms with van der Waals surface area (Å²) < 4.78 is 13.0. The molecule has 1 aliphatic carbocycles. The molecule has 2 rings (SSSR count). The summed E-state index contributed by atoms with van der Waals surface area (Å²) in [7, 11) is 0. The minimum absolute atomic E-state index is 0.0813. The van der Waals surface area contributed by atoms with Gasteiger partial charge in [-0.2, -0.15) is 0 Å². The van der Waals surface area contributed by atoms with Crippen LogP contribution in [0.25, 0.3) is 0 Å². The van der Waals surface area contributed by atoms with Gasteiger partial charge >= 0.3 is 12.0 Å². The quantitative estimate of drug-likeness (QED) is 0.766. The van der Waals surface area contributed by atoms with Gasteiger partial charge in [-0.15, -0.1) is 0 Å². The molecule has 0 unspecified atom stereocenters. The van der Waals surface area contributed by atoms with E-state index >= 15 is 0 Å². The second kappa shape index (κ2) is 5.69. The summed E-state index contributed by atoms with van der Waals surface area (Å²) >= 11 is 0. The third kappa shape index (κ3) is 3.94. The Morgan fingerprint density at radius 3 is 2.74 bits per heavy atom. The molecule has 0 aromatic heterocycles. The number of aromatic carboxylic acids is 1. The molecule has 0 bridgehead atoms. The van der Waals surface area contributed by atoms with Crippen molar-refractivity contribution in [2.75, 3.05) is 11.9 Å². The van der Waals surface area contributed by atoms with Crippen LogP contribution in [-0.4, -0.2) is 23.7 Å². The summed E-state index contributed by atoms with van der Waals surface area (Å²) in [6.07, 6.45) is 3.36. The number of hydrogen-bond acceptors (Lipinski definition) is 2. The molecule has 6 heteroatoms. The van der Waals surface area contributed by atoms with Crippen molar-refractivity contribution >= 4 is 17.7 Å². The fourth-order valence-electron chi connectivity index (χ4n) is 1.77. The molecule has 5 nitrogen and oxygen atoms in total. The van der Waals surface area contributed by atoms with Crippen LogP contribution in [0.1, 0.15) is 29.6 Å². The zero-order valence-corrected chi connectivity index (χ0v) is 10.3. The van der Waals surface area contributed by atoms with E-state index < -0.39 is 17.8 Å². The number of rotatable bonds is 5. The first kappa shape index (κ1) is 13.3. The van der Waals surface area contributed by atoms with Gasteiger partial charge in [-0.05, 0) is 30.5 Å². The van der Waals surface area contributed by atoms with E-state index in [9.17, 15) is 14.0 Å². The number of urea groups is 1. The zero-order chi connectivity index (χ0) is 13.8. The molecule has 0 atom stereocenters. The highest BCUT2D eigenvalue weighted by atomic mass is 19.1. The van der Waals surface area contributed by atoms with Crippen LogP contribution < -0.4 is 10.6 Å². The topological polar surface area (TPSA) is 78.4 Å². The van der Waals surface area contributed by atoms with Gasteiger partial charge in [0.25, 0.3) is 0 Å². The van der Waals surface area contributed by atoms with Gasteiger partial charge in [0.2, 0.25) is 0 Å². The van der Waals surface area contributed by atoms with Gasteiger partial charge in [-0.25, -0.2) is 14.0 Å². The van der Waals surface area contributed by atoms with E-state index in [0.717, 1.165) is 18.6 Å². The zero-order valence-electron chi connectivity index (χ0n) is 10.3. The van der Waals surface area contributed by atoms with Gasteiger partial charge in [0.15, 0.2) is 0 Å². The number of halogens is 1. The Balaban J connectivity index is 1.93. The first-order valence-electron chi connectivity index (χ1n) is 6.14. The maximum Gasteiger partial charge on any atom is 0.337 e. The van der Waals surface area contributed by atoms with Crippen LogP contribution in [-0.2, 0) is 0 Å². The molecule has 2 amide bonds. The number of benzene rings is 1. The smallest absolute Gasteiger partial charge is 0.337 e. The number of carboxylic acids is 1. The lowest BCUT2D eigenvalue weighted by atomic mass is 10.2. The van der Waals surface area contributed by atoms with E-state index in [1.54, 1.807) is 0 Å². The maximum atomic E-state index is 13.0. The summed E-state index contributed by atoms with van der Waals surface area (Å²) in [6, 6.07) is 2.74. The van der Waals surface area contributed by atoms with Gasteiger partial charge in [0.1, 0.15) is 5.82 Å². The molecule has 0 aliphatic heterocycles. The number of nitrogens with one attached hydrogen (secondary N) is 2. The molecule has 1 fully saturated rings. The molecule has 0 saturated heterocycles. The molecule has 1 aliphatic rings. The Bertz CT molecular complexity index is 501. The molecular weight excluding hydrogens is 251 g/mol. The number of carboxylic acid groups (broad SMARTS) is 1. The van der Waals surface area contributed by atoms with Crippen LogP contribution >= 0.6 is 0 Å². The van der Waals surface area contributed by atoms with Gasteiger partial charge in [-0.1, -0.05) is 12.8 Å². The number of amides is 2. The van der Waals surface area contributed by atoms with E-state index in [1.165, 1.54) is 18.9 Å². The number of carbonyl (C=O) groups is 2. The van der Waals surface area contributed by atoms with Crippen molar-refractivity contribution in [2.45, 2.75) is 19.3 Å². The first-order chi connectivity index (χ1) is 9.06. The summed E-state index contributed by atoms with van der Waals surface area (Å²) in [4.78, 5) is 22.5.